The molecule has 0 aromatic heterocycles. The van der Waals surface area contributed by atoms with E-state index in [1.54, 1.807) is 0 Å². The van der Waals surface area contributed by atoms with Crippen LogP contribution in [0.4, 0.5) is 0 Å². The Morgan fingerprint density at radius 2 is 2.22 bits per heavy atom. The summed E-state index contributed by atoms with van der Waals surface area (Å²) in [4.78, 5) is 25.7. The first-order valence-electron chi connectivity index (χ1n) is 6.15. The van der Waals surface area contributed by atoms with Crippen LogP contribution < -0.4 is 5.73 Å². The van der Waals surface area contributed by atoms with Crippen LogP contribution in [0.1, 0.15) is 26.7 Å². The molecule has 2 rings (SSSR count). The van der Waals surface area contributed by atoms with Crippen molar-refractivity contribution in [3.63, 3.8) is 0 Å². The van der Waals surface area contributed by atoms with Gasteiger partial charge in [0.25, 0.3) is 0 Å². The molecular weight excluding hydrogens is 236 g/mol. The second kappa shape index (κ2) is 4.51. The third-order valence-electron chi connectivity index (χ3n) is 3.76. The molecule has 0 saturated carbocycles. The van der Waals surface area contributed by atoms with E-state index < -0.39 is 18.1 Å². The molecule has 0 radical (unpaired) electrons. The first kappa shape index (κ1) is 13.3. The first-order valence-corrected chi connectivity index (χ1v) is 6.15. The number of nitrogens with zero attached hydrogens (tertiary/aromatic N) is 1. The smallest absolute Gasteiger partial charge is 0.329 e. The fourth-order valence-corrected chi connectivity index (χ4v) is 2.80. The summed E-state index contributed by atoms with van der Waals surface area (Å²) in [6.45, 7) is 4.31. The van der Waals surface area contributed by atoms with Crippen LogP contribution in [0.2, 0.25) is 0 Å². The monoisotopic (exact) mass is 256 g/mol. The fraction of sp³-hybridized carbons (Fsp3) is 0.833. The summed E-state index contributed by atoms with van der Waals surface area (Å²) < 4.78 is 10.5. The molecule has 2 N–H and O–H groups in total. The van der Waals surface area contributed by atoms with E-state index in [0.29, 0.717) is 19.4 Å². The highest BCUT2D eigenvalue weighted by molar-refractivity contribution is 5.89. The summed E-state index contributed by atoms with van der Waals surface area (Å²) in [6.07, 6.45) is 0.732. The third-order valence-corrected chi connectivity index (χ3v) is 3.76. The van der Waals surface area contributed by atoms with Gasteiger partial charge >= 0.3 is 5.97 Å². The van der Waals surface area contributed by atoms with Gasteiger partial charge in [0.2, 0.25) is 5.91 Å². The van der Waals surface area contributed by atoms with E-state index in [-0.39, 0.29) is 17.6 Å². The normalized spacial score (nSPS) is 35.0. The van der Waals surface area contributed by atoms with Crippen LogP contribution in [0.25, 0.3) is 0 Å². The maximum atomic E-state index is 12.3. The molecule has 6 nitrogen and oxygen atoms in total. The summed E-state index contributed by atoms with van der Waals surface area (Å²) in [5, 5.41) is 0. The predicted molar refractivity (Wildman–Crippen MR) is 63.4 cm³/mol. The molecule has 0 aromatic rings. The average Bonchev–Trinajstić information content (AvgIpc) is 2.50. The molecule has 3 atom stereocenters. The van der Waals surface area contributed by atoms with E-state index in [1.165, 1.54) is 12.0 Å². The minimum absolute atomic E-state index is 0.224. The molecule has 2 heterocycles. The Labute approximate surface area is 106 Å². The molecule has 2 fully saturated rings. The lowest BCUT2D eigenvalue weighted by atomic mass is 9.84. The molecule has 0 spiro atoms. The van der Waals surface area contributed by atoms with Gasteiger partial charge in [0.05, 0.1) is 19.8 Å². The predicted octanol–water partition coefficient (Wildman–Crippen LogP) is -0.140. The molecule has 0 aromatic carbocycles. The number of hydrogen-bond acceptors (Lipinski definition) is 5. The maximum Gasteiger partial charge on any atom is 0.329 e. The minimum Gasteiger partial charge on any atom is -0.467 e. The van der Waals surface area contributed by atoms with E-state index in [1.807, 2.05) is 13.8 Å². The molecule has 2 aliphatic heterocycles. The first-order chi connectivity index (χ1) is 8.38. The van der Waals surface area contributed by atoms with Crippen molar-refractivity contribution in [2.24, 2.45) is 11.1 Å². The number of nitrogens with two attached hydrogens (primary N) is 1. The van der Waals surface area contributed by atoms with Crippen molar-refractivity contribution in [2.75, 3.05) is 13.7 Å². The third kappa shape index (κ3) is 1.99. The van der Waals surface area contributed by atoms with E-state index in [2.05, 4.69) is 0 Å². The van der Waals surface area contributed by atoms with Crippen LogP contribution >= 0.6 is 0 Å². The lowest BCUT2D eigenvalue weighted by Gasteiger charge is -2.31. The van der Waals surface area contributed by atoms with Crippen LogP contribution in [0.5, 0.6) is 0 Å². The zero-order valence-corrected chi connectivity index (χ0v) is 11.0. The number of carbonyl (C=O) groups excluding carboxylic acids is 2. The van der Waals surface area contributed by atoms with Gasteiger partial charge in [-0.15, -0.1) is 0 Å². The molecule has 0 bridgehead atoms. The van der Waals surface area contributed by atoms with Gasteiger partial charge in [-0.05, 0) is 6.42 Å². The Morgan fingerprint density at radius 1 is 1.56 bits per heavy atom. The van der Waals surface area contributed by atoms with Gasteiger partial charge in [0.1, 0.15) is 12.3 Å². The largest absolute Gasteiger partial charge is 0.467 e. The Kier molecular flexibility index (Phi) is 3.33. The molecule has 0 aliphatic carbocycles. The fourth-order valence-electron chi connectivity index (χ4n) is 2.80. The van der Waals surface area contributed by atoms with E-state index in [4.69, 9.17) is 15.2 Å². The Hall–Kier alpha value is -1.14. The average molecular weight is 256 g/mol. The van der Waals surface area contributed by atoms with Crippen molar-refractivity contribution in [3.05, 3.63) is 0 Å². The maximum absolute atomic E-state index is 12.3. The highest BCUT2D eigenvalue weighted by atomic mass is 16.5. The van der Waals surface area contributed by atoms with Crippen molar-refractivity contribution in [1.29, 1.82) is 0 Å². The lowest BCUT2D eigenvalue weighted by Crippen LogP contribution is -2.53. The van der Waals surface area contributed by atoms with Crippen molar-refractivity contribution in [1.82, 2.24) is 4.90 Å². The van der Waals surface area contributed by atoms with Gasteiger partial charge < -0.3 is 20.1 Å². The van der Waals surface area contributed by atoms with E-state index in [9.17, 15) is 9.59 Å². The van der Waals surface area contributed by atoms with Gasteiger partial charge in [-0.2, -0.15) is 0 Å². The number of methoxy groups -OCH3 is 1. The molecule has 6 heteroatoms. The summed E-state index contributed by atoms with van der Waals surface area (Å²) in [5.74, 6) is -0.632. The van der Waals surface area contributed by atoms with Crippen molar-refractivity contribution >= 4 is 11.9 Å². The SMILES string of the molecule is COC(=O)[C@H]1N2C(=O)[C@@H](N)CCOC2CC1(C)C. The van der Waals surface area contributed by atoms with Crippen LogP contribution in [-0.2, 0) is 19.1 Å². The van der Waals surface area contributed by atoms with Crippen LogP contribution in [0, 0.1) is 5.41 Å². The second-order valence-electron chi connectivity index (χ2n) is 5.58. The number of ether oxygens (including phenoxy) is 2. The lowest BCUT2D eigenvalue weighted by molar-refractivity contribution is -0.159. The van der Waals surface area contributed by atoms with E-state index in [0.717, 1.165) is 0 Å². The molecular formula is C12H20N2O4. The van der Waals surface area contributed by atoms with Crippen LogP contribution in [0.3, 0.4) is 0 Å². The van der Waals surface area contributed by atoms with Gasteiger partial charge in [-0.25, -0.2) is 4.79 Å². The Morgan fingerprint density at radius 3 is 2.83 bits per heavy atom. The summed E-state index contributed by atoms with van der Waals surface area (Å²) >= 11 is 0. The number of carbonyl (C=O) groups is 2. The summed E-state index contributed by atoms with van der Waals surface area (Å²) in [5.41, 5.74) is 5.43. The summed E-state index contributed by atoms with van der Waals surface area (Å²) in [6, 6.07) is -1.22. The number of amides is 1. The molecule has 2 aliphatic rings. The highest BCUT2D eigenvalue weighted by Crippen LogP contribution is 2.42. The molecule has 18 heavy (non-hydrogen) atoms. The number of hydrogen-bond donors (Lipinski definition) is 1. The molecule has 1 amide bonds. The Balaban J connectivity index is 2.36. The van der Waals surface area contributed by atoms with Crippen molar-refractivity contribution < 1.29 is 19.1 Å². The standard InChI is InChI=1S/C12H20N2O4/c1-12(2)6-8-14(9(12)11(16)17-3)10(15)7(13)4-5-18-8/h7-9H,4-6,13H2,1-3H3/t7-,8?,9+/m0/s1. The van der Waals surface area contributed by atoms with Gasteiger partial charge in [0, 0.05) is 11.8 Å². The molecule has 1 unspecified atom stereocenters. The number of esters is 1. The topological polar surface area (TPSA) is 81.9 Å². The van der Waals surface area contributed by atoms with Gasteiger partial charge in [-0.1, -0.05) is 13.8 Å². The van der Waals surface area contributed by atoms with Crippen LogP contribution in [-0.4, -0.2) is 48.8 Å². The van der Waals surface area contributed by atoms with Gasteiger partial charge in [0.15, 0.2) is 0 Å². The van der Waals surface area contributed by atoms with Crippen molar-refractivity contribution in [2.45, 2.75) is 45.0 Å². The van der Waals surface area contributed by atoms with E-state index >= 15 is 0 Å². The van der Waals surface area contributed by atoms with Gasteiger partial charge in [-0.3, -0.25) is 4.79 Å². The molecule has 102 valence electrons. The Bertz CT molecular complexity index is 369. The number of rotatable bonds is 1. The summed E-state index contributed by atoms with van der Waals surface area (Å²) in [7, 11) is 1.33. The minimum atomic E-state index is -0.621. The highest BCUT2D eigenvalue weighted by Gasteiger charge is 2.54. The second-order valence-corrected chi connectivity index (χ2v) is 5.58. The number of fused-ring (bicyclic) bond motifs is 1. The molecule has 2 saturated heterocycles. The van der Waals surface area contributed by atoms with Crippen molar-refractivity contribution in [3.8, 4) is 0 Å². The van der Waals surface area contributed by atoms with Crippen LogP contribution in [0.15, 0.2) is 0 Å². The zero-order valence-electron chi connectivity index (χ0n) is 11.0. The quantitative estimate of drug-likeness (QED) is 0.660. The zero-order chi connectivity index (χ0) is 13.5.